The van der Waals surface area contributed by atoms with Crippen molar-refractivity contribution in [3.05, 3.63) is 191 Å². The number of ether oxygens (including phenoxy) is 3. The third-order valence-corrected chi connectivity index (χ3v) is 18.1. The minimum Gasteiger partial charge on any atom is -0.508 e. The van der Waals surface area contributed by atoms with Gasteiger partial charge in [-0.1, -0.05) is 136 Å². The summed E-state index contributed by atoms with van der Waals surface area (Å²) in [5, 5.41) is 14.9. The van der Waals surface area contributed by atoms with Crippen molar-refractivity contribution in [1.29, 1.82) is 0 Å². The number of rotatable bonds is 27. The topological polar surface area (TPSA) is 72.4 Å². The fourth-order valence-corrected chi connectivity index (χ4v) is 9.93. The molecule has 368 valence electrons. The van der Waals surface area contributed by atoms with Gasteiger partial charge in [0, 0.05) is 36.2 Å². The highest BCUT2D eigenvalue weighted by Gasteiger charge is 2.39. The van der Waals surface area contributed by atoms with E-state index < -0.39 is 8.32 Å². The first kappa shape index (κ1) is 53.0. The molecule has 0 heterocycles. The minimum atomic E-state index is -2.17. The number of nitrogens with zero attached hydrogens (tertiary/aromatic N) is 1. The summed E-state index contributed by atoms with van der Waals surface area (Å²) >= 11 is 0. The lowest BCUT2D eigenvalue weighted by atomic mass is 9.86. The molecular formula is C61H80N2O5Si. The third kappa shape index (κ3) is 16.6. The summed E-state index contributed by atoms with van der Waals surface area (Å²) in [5.41, 5.74) is 8.03. The van der Waals surface area contributed by atoms with E-state index in [-0.39, 0.29) is 17.1 Å². The van der Waals surface area contributed by atoms with Gasteiger partial charge < -0.3 is 29.1 Å². The average Bonchev–Trinajstić information content (AvgIpc) is 3.33. The Morgan fingerprint density at radius 3 is 1.71 bits per heavy atom. The van der Waals surface area contributed by atoms with Gasteiger partial charge in [-0.05, 0) is 155 Å². The van der Waals surface area contributed by atoms with Crippen molar-refractivity contribution in [2.24, 2.45) is 0 Å². The van der Waals surface area contributed by atoms with Crippen LogP contribution in [0, 0.1) is 0 Å². The average molecular weight is 949 g/mol. The van der Waals surface area contributed by atoms with E-state index in [9.17, 15) is 5.11 Å². The fourth-order valence-electron chi connectivity index (χ4n) is 8.64. The second-order valence-corrected chi connectivity index (χ2v) is 25.4. The van der Waals surface area contributed by atoms with Crippen LogP contribution in [0.2, 0.25) is 18.1 Å². The molecule has 2 N–H and O–H groups in total. The Morgan fingerprint density at radius 2 is 1.14 bits per heavy atom. The van der Waals surface area contributed by atoms with Gasteiger partial charge in [-0.2, -0.15) is 0 Å². The zero-order valence-corrected chi connectivity index (χ0v) is 44.0. The number of hydrogen-bond donors (Lipinski definition) is 2. The Labute approximate surface area is 416 Å². The van der Waals surface area contributed by atoms with Crippen molar-refractivity contribution in [3.63, 3.8) is 0 Å². The molecule has 6 rings (SSSR count). The van der Waals surface area contributed by atoms with Crippen LogP contribution in [0.4, 0.5) is 0 Å². The molecule has 69 heavy (non-hydrogen) atoms. The van der Waals surface area contributed by atoms with Crippen LogP contribution in [0.5, 0.6) is 23.0 Å². The molecule has 0 aromatic heterocycles. The van der Waals surface area contributed by atoms with Crippen LogP contribution >= 0.6 is 0 Å². The largest absolute Gasteiger partial charge is 0.508 e. The number of phenolic OH excluding ortho intramolecular Hbond substituents is 1. The maximum absolute atomic E-state index is 11.1. The first-order valence-corrected chi connectivity index (χ1v) is 28.3. The Morgan fingerprint density at radius 1 is 0.580 bits per heavy atom. The number of benzene rings is 6. The molecular weight excluding hydrogens is 869 g/mol. The number of nitrogens with one attached hydrogen (secondary N) is 1. The second kappa shape index (κ2) is 26.0. The van der Waals surface area contributed by atoms with Crippen molar-refractivity contribution >= 4 is 8.32 Å². The van der Waals surface area contributed by atoms with Crippen LogP contribution in [-0.2, 0) is 30.5 Å². The summed E-state index contributed by atoms with van der Waals surface area (Å²) in [6.07, 6.45) is 4.52. The fraction of sp³-hybridized carbons (Fsp3) is 0.410. The Balaban J connectivity index is 1.02. The molecule has 0 fully saturated rings. The maximum Gasteiger partial charge on any atom is 0.192 e. The summed E-state index contributed by atoms with van der Waals surface area (Å²) in [6, 6.07) is 53.1. The molecule has 0 unspecified atom stereocenters. The molecule has 6 aromatic rings. The summed E-state index contributed by atoms with van der Waals surface area (Å²) < 4.78 is 26.2. The van der Waals surface area contributed by atoms with E-state index in [2.05, 4.69) is 175 Å². The molecule has 8 heteroatoms. The van der Waals surface area contributed by atoms with Crippen molar-refractivity contribution in [2.75, 3.05) is 26.2 Å². The molecule has 0 amide bonds. The van der Waals surface area contributed by atoms with E-state index in [0.29, 0.717) is 44.2 Å². The van der Waals surface area contributed by atoms with E-state index in [1.165, 1.54) is 16.7 Å². The summed E-state index contributed by atoms with van der Waals surface area (Å²) in [6.45, 7) is 24.6. The summed E-state index contributed by atoms with van der Waals surface area (Å²) in [5.74, 6) is 2.91. The van der Waals surface area contributed by atoms with Gasteiger partial charge in [0.2, 0.25) is 0 Å². The molecule has 0 spiro atoms. The quantitative estimate of drug-likeness (QED) is 0.0394. The summed E-state index contributed by atoms with van der Waals surface area (Å²) in [7, 11) is -2.17. The van der Waals surface area contributed by atoms with E-state index in [1.54, 1.807) is 0 Å². The van der Waals surface area contributed by atoms with Gasteiger partial charge in [0.25, 0.3) is 0 Å². The molecule has 0 radical (unpaired) electrons. The van der Waals surface area contributed by atoms with Gasteiger partial charge >= 0.3 is 0 Å². The Hall–Kier alpha value is -5.38. The van der Waals surface area contributed by atoms with Crippen LogP contribution in [0.1, 0.15) is 119 Å². The van der Waals surface area contributed by atoms with Gasteiger partial charge in [0.1, 0.15) is 36.2 Å². The van der Waals surface area contributed by atoms with Crippen LogP contribution in [0.3, 0.4) is 0 Å². The van der Waals surface area contributed by atoms with E-state index in [1.807, 2.05) is 48.5 Å². The molecule has 0 aliphatic heterocycles. The lowest BCUT2D eigenvalue weighted by Crippen LogP contribution is -2.43. The Bertz CT molecular complexity index is 2330. The molecule has 2 atom stereocenters. The van der Waals surface area contributed by atoms with E-state index in [4.69, 9.17) is 18.6 Å². The highest BCUT2D eigenvalue weighted by molar-refractivity contribution is 6.74. The van der Waals surface area contributed by atoms with Crippen LogP contribution in [0.25, 0.3) is 0 Å². The zero-order chi connectivity index (χ0) is 49.2. The highest BCUT2D eigenvalue weighted by atomic mass is 28.4. The standard InChI is InChI=1S/C61H80N2O5Si/c1-46(2)63(47(3)4)37-35-57(52-26-17-12-18-27-52)58-39-49(30-33-59(58)64)21-19-20-38-65-54-31-28-48(29-32-54)34-36-62-43-60(68-69(8,9)61(5,6)7)53-40-55(66-44-50-22-13-10-14-23-50)42-56(41-53)67-45-51-24-15-11-16-25-51/h10-18,22-33,39-42,46-47,57,60,62,64H,19-21,34-38,43-45H2,1-9H3/t57-,60-/m1/s1. The number of hydrogen-bond acceptors (Lipinski definition) is 7. The number of phenols is 1. The first-order valence-electron chi connectivity index (χ1n) is 25.4. The predicted octanol–water partition coefficient (Wildman–Crippen LogP) is 14.5. The highest BCUT2D eigenvalue weighted by Crippen LogP contribution is 2.41. The lowest BCUT2D eigenvalue weighted by molar-refractivity contribution is 0.170. The molecule has 0 saturated carbocycles. The molecule has 0 saturated heterocycles. The lowest BCUT2D eigenvalue weighted by Gasteiger charge is -2.39. The second-order valence-electron chi connectivity index (χ2n) is 20.6. The normalized spacial score (nSPS) is 12.9. The van der Waals surface area contributed by atoms with Gasteiger partial charge in [-0.15, -0.1) is 0 Å². The molecule has 0 aliphatic rings. The monoisotopic (exact) mass is 949 g/mol. The van der Waals surface area contributed by atoms with Crippen LogP contribution in [-0.4, -0.2) is 56.6 Å². The predicted molar refractivity (Wildman–Crippen MR) is 288 cm³/mol. The van der Waals surface area contributed by atoms with Crippen LogP contribution < -0.4 is 19.5 Å². The van der Waals surface area contributed by atoms with E-state index >= 15 is 0 Å². The van der Waals surface area contributed by atoms with Crippen molar-refractivity contribution in [1.82, 2.24) is 10.2 Å². The zero-order valence-electron chi connectivity index (χ0n) is 43.0. The van der Waals surface area contributed by atoms with Gasteiger partial charge in [-0.3, -0.25) is 4.90 Å². The van der Waals surface area contributed by atoms with Crippen molar-refractivity contribution in [2.45, 2.75) is 136 Å². The minimum absolute atomic E-state index is 0.0376. The van der Waals surface area contributed by atoms with Gasteiger partial charge in [0.15, 0.2) is 8.32 Å². The van der Waals surface area contributed by atoms with E-state index in [0.717, 1.165) is 84.7 Å². The molecule has 0 aliphatic carbocycles. The first-order chi connectivity index (χ1) is 33.1. The maximum atomic E-state index is 11.1. The van der Waals surface area contributed by atoms with Crippen molar-refractivity contribution < 1.29 is 23.7 Å². The Kier molecular flexibility index (Phi) is 20.0. The van der Waals surface area contributed by atoms with Gasteiger partial charge in [0.05, 0.1) is 12.7 Å². The number of unbranched alkanes of at least 4 members (excludes halogenated alkanes) is 1. The number of aromatic hydroxyl groups is 1. The number of aryl methyl sites for hydroxylation is 1. The van der Waals surface area contributed by atoms with Gasteiger partial charge in [-0.25, -0.2) is 0 Å². The van der Waals surface area contributed by atoms with Crippen LogP contribution in [0.15, 0.2) is 152 Å². The van der Waals surface area contributed by atoms with Crippen molar-refractivity contribution in [3.8, 4) is 23.0 Å². The third-order valence-electron chi connectivity index (χ3n) is 13.7. The SMILES string of the molecule is CC(C)N(CC[C@H](c1ccccc1)c1cc(CCCCOc2ccc(CCNC[C@@H](O[Si](C)(C)C(C)(C)C)c3cc(OCc4ccccc4)cc(OCc4ccccc4)c3)cc2)ccc1O)C(C)C. The molecule has 6 aromatic carbocycles. The molecule has 0 bridgehead atoms. The smallest absolute Gasteiger partial charge is 0.192 e. The molecule has 7 nitrogen and oxygen atoms in total. The summed E-state index contributed by atoms with van der Waals surface area (Å²) in [4.78, 5) is 2.54.